The molecule has 2 aliphatic rings. The third-order valence-corrected chi connectivity index (χ3v) is 4.42. The van der Waals surface area contributed by atoms with E-state index >= 15 is 0 Å². The Morgan fingerprint density at radius 1 is 1.30 bits per heavy atom. The van der Waals surface area contributed by atoms with Gasteiger partial charge in [-0.05, 0) is 20.8 Å². The fraction of sp³-hybridized carbons (Fsp3) is 0.556. The maximum atomic E-state index is 12.9. The molecule has 0 radical (unpaired) electrons. The van der Waals surface area contributed by atoms with Crippen molar-refractivity contribution in [3.05, 3.63) is 28.2 Å². The molecule has 1 N–H and O–H groups in total. The molecular weight excluding hydrogens is 402 g/mol. The minimum Gasteiger partial charge on any atom is -0.463 e. The summed E-state index contributed by atoms with van der Waals surface area (Å²) < 4.78 is 26.5. The summed E-state index contributed by atoms with van der Waals surface area (Å²) in [4.78, 5) is 50.3. The van der Waals surface area contributed by atoms with Crippen molar-refractivity contribution in [3.8, 4) is 5.75 Å². The van der Waals surface area contributed by atoms with Gasteiger partial charge in [-0.15, -0.1) is 0 Å². The summed E-state index contributed by atoms with van der Waals surface area (Å²) in [7, 11) is 0. The van der Waals surface area contributed by atoms with Crippen LogP contribution in [-0.4, -0.2) is 72.5 Å². The van der Waals surface area contributed by atoms with Crippen LogP contribution in [0.3, 0.4) is 0 Å². The molecule has 2 aliphatic heterocycles. The Kier molecular flexibility index (Phi) is 6.15. The van der Waals surface area contributed by atoms with E-state index in [1.165, 1.54) is 35.7 Å². The first-order valence-corrected chi connectivity index (χ1v) is 9.31. The number of aromatic nitrogens is 1. The highest BCUT2D eigenvalue weighted by Gasteiger charge is 2.37. The second-order valence-electron chi connectivity index (χ2n) is 6.94. The summed E-state index contributed by atoms with van der Waals surface area (Å²) >= 11 is 0. The number of nitrogens with one attached hydrogen (secondary N) is 1. The molecule has 0 saturated carbocycles. The third kappa shape index (κ3) is 4.32. The van der Waals surface area contributed by atoms with E-state index in [4.69, 9.17) is 23.7 Å². The number of morpholine rings is 1. The molecule has 0 spiro atoms. The van der Waals surface area contributed by atoms with Crippen molar-refractivity contribution in [1.29, 1.82) is 0 Å². The number of fused-ring (bicyclic) bond motifs is 2. The highest BCUT2D eigenvalue weighted by atomic mass is 16.8. The second kappa shape index (κ2) is 8.61. The molecule has 0 bridgehead atoms. The highest BCUT2D eigenvalue weighted by molar-refractivity contribution is 5.96. The molecule has 12 heteroatoms. The van der Waals surface area contributed by atoms with E-state index in [1.54, 1.807) is 6.92 Å². The molecule has 164 valence electrons. The van der Waals surface area contributed by atoms with E-state index in [0.717, 1.165) is 0 Å². The predicted octanol–water partition coefficient (Wildman–Crippen LogP) is 0.0351. The highest BCUT2D eigenvalue weighted by Crippen LogP contribution is 2.22. The van der Waals surface area contributed by atoms with Gasteiger partial charge in [0.1, 0.15) is 6.17 Å². The van der Waals surface area contributed by atoms with Gasteiger partial charge in [-0.2, -0.15) is 0 Å². The van der Waals surface area contributed by atoms with E-state index in [0.29, 0.717) is 19.8 Å². The molecule has 1 unspecified atom stereocenters. The Balaban J connectivity index is 1.67. The van der Waals surface area contributed by atoms with Crippen LogP contribution in [-0.2, 0) is 23.7 Å². The van der Waals surface area contributed by atoms with Crippen LogP contribution in [0.1, 0.15) is 31.3 Å². The van der Waals surface area contributed by atoms with Crippen LogP contribution in [0.2, 0.25) is 0 Å². The van der Waals surface area contributed by atoms with E-state index < -0.39 is 35.9 Å². The maximum Gasteiger partial charge on any atom is 0.512 e. The summed E-state index contributed by atoms with van der Waals surface area (Å²) in [5, 5.41) is 0. The lowest BCUT2D eigenvalue weighted by molar-refractivity contribution is -0.164. The van der Waals surface area contributed by atoms with Crippen molar-refractivity contribution in [2.45, 2.75) is 32.5 Å². The van der Waals surface area contributed by atoms with Crippen molar-refractivity contribution in [1.82, 2.24) is 9.58 Å². The van der Waals surface area contributed by atoms with Crippen LogP contribution in [0, 0.1) is 0 Å². The number of ether oxygens (including phenoxy) is 5. The Morgan fingerprint density at radius 3 is 2.80 bits per heavy atom. The van der Waals surface area contributed by atoms with Crippen LogP contribution in [0.15, 0.2) is 17.1 Å². The first-order valence-electron chi connectivity index (χ1n) is 9.31. The standard InChI is InChI=1S/C18H23N3O9/c1-4-27-16(24)18(2,3)30-17(25)29-10-28-14-11(22)5-6-21-13(14)15(23)20-7-8-26-9-12(20)19-21/h5-6,12,19H,4,7-10H2,1-3H3. The molecule has 3 rings (SSSR count). The van der Waals surface area contributed by atoms with Crippen molar-refractivity contribution in [2.24, 2.45) is 0 Å². The fourth-order valence-corrected chi connectivity index (χ4v) is 2.94. The quantitative estimate of drug-likeness (QED) is 0.491. The largest absolute Gasteiger partial charge is 0.512 e. The molecule has 1 aromatic rings. The average Bonchev–Trinajstić information content (AvgIpc) is 2.70. The lowest BCUT2D eigenvalue weighted by Crippen LogP contribution is -2.59. The van der Waals surface area contributed by atoms with Gasteiger partial charge in [0.25, 0.3) is 5.91 Å². The molecular formula is C18H23N3O9. The van der Waals surface area contributed by atoms with E-state index in [2.05, 4.69) is 5.43 Å². The monoisotopic (exact) mass is 425 g/mol. The zero-order valence-electron chi connectivity index (χ0n) is 16.8. The van der Waals surface area contributed by atoms with Crippen molar-refractivity contribution < 1.29 is 38.1 Å². The molecule has 0 aliphatic carbocycles. The van der Waals surface area contributed by atoms with Gasteiger partial charge in [0.05, 0.1) is 19.8 Å². The van der Waals surface area contributed by atoms with Crippen LogP contribution < -0.4 is 15.6 Å². The molecule has 1 amide bonds. The van der Waals surface area contributed by atoms with E-state index in [-0.39, 0.29) is 24.2 Å². The number of amides is 1. The van der Waals surface area contributed by atoms with Gasteiger partial charge in [-0.25, -0.2) is 9.59 Å². The van der Waals surface area contributed by atoms with E-state index in [9.17, 15) is 19.2 Å². The van der Waals surface area contributed by atoms with Crippen LogP contribution >= 0.6 is 0 Å². The minimum absolute atomic E-state index is 0.0236. The maximum absolute atomic E-state index is 12.9. The molecule has 12 nitrogen and oxygen atoms in total. The molecule has 0 aromatic carbocycles. The summed E-state index contributed by atoms with van der Waals surface area (Å²) in [5.41, 5.74) is 0.893. The number of hydrogen-bond acceptors (Lipinski definition) is 10. The summed E-state index contributed by atoms with van der Waals surface area (Å²) in [6.07, 6.45) is -0.160. The Bertz CT molecular complexity index is 895. The molecule has 1 aromatic heterocycles. The first kappa shape index (κ1) is 21.4. The lowest BCUT2D eigenvalue weighted by Gasteiger charge is -2.41. The normalized spacial score (nSPS) is 17.9. The summed E-state index contributed by atoms with van der Waals surface area (Å²) in [5.74, 6) is -1.44. The first-order chi connectivity index (χ1) is 14.2. The van der Waals surface area contributed by atoms with Gasteiger partial charge in [0.15, 0.2) is 5.69 Å². The number of nitrogens with zero attached hydrogens (tertiary/aromatic N) is 2. The number of pyridine rings is 1. The summed E-state index contributed by atoms with van der Waals surface area (Å²) in [6.45, 7) is 4.76. The topological polar surface area (TPSA) is 135 Å². The van der Waals surface area contributed by atoms with E-state index in [1.807, 2.05) is 0 Å². The zero-order chi connectivity index (χ0) is 21.9. The zero-order valence-corrected chi connectivity index (χ0v) is 16.8. The lowest BCUT2D eigenvalue weighted by atomic mass is 10.1. The van der Waals surface area contributed by atoms with Crippen LogP contribution in [0.25, 0.3) is 0 Å². The number of rotatable bonds is 6. The SMILES string of the molecule is CCOC(=O)C(C)(C)OC(=O)OCOc1c2n(ccc1=O)NC1COCCN1C2=O. The number of carbonyl (C=O) groups excluding carboxylic acids is 3. The van der Waals surface area contributed by atoms with Gasteiger partial charge < -0.3 is 34.0 Å². The van der Waals surface area contributed by atoms with Gasteiger partial charge in [0, 0.05) is 18.8 Å². The Hall–Kier alpha value is -3.28. The van der Waals surface area contributed by atoms with Crippen molar-refractivity contribution in [3.63, 3.8) is 0 Å². The number of carbonyl (C=O) groups is 3. The smallest absolute Gasteiger partial charge is 0.463 e. The Labute approximate surface area is 171 Å². The van der Waals surface area contributed by atoms with Gasteiger partial charge in [-0.1, -0.05) is 0 Å². The summed E-state index contributed by atoms with van der Waals surface area (Å²) in [6, 6.07) is 1.21. The second-order valence-corrected chi connectivity index (χ2v) is 6.94. The van der Waals surface area contributed by atoms with Gasteiger partial charge >= 0.3 is 12.1 Å². The van der Waals surface area contributed by atoms with Gasteiger partial charge in [-0.3, -0.25) is 14.3 Å². The molecule has 1 fully saturated rings. The van der Waals surface area contributed by atoms with Crippen molar-refractivity contribution in [2.75, 3.05) is 38.6 Å². The van der Waals surface area contributed by atoms with Crippen molar-refractivity contribution >= 4 is 18.0 Å². The predicted molar refractivity (Wildman–Crippen MR) is 99.5 cm³/mol. The molecule has 30 heavy (non-hydrogen) atoms. The van der Waals surface area contributed by atoms with Gasteiger partial charge in [0.2, 0.25) is 23.6 Å². The molecule has 1 saturated heterocycles. The Morgan fingerprint density at radius 2 is 2.07 bits per heavy atom. The number of esters is 1. The van der Waals surface area contributed by atoms with Crippen LogP contribution in [0.5, 0.6) is 5.75 Å². The number of hydrogen-bond donors (Lipinski definition) is 1. The average molecular weight is 425 g/mol. The third-order valence-electron chi connectivity index (χ3n) is 4.42. The fourth-order valence-electron chi connectivity index (χ4n) is 2.94. The minimum atomic E-state index is -1.57. The van der Waals surface area contributed by atoms with Crippen LogP contribution in [0.4, 0.5) is 4.79 Å². The molecule has 3 heterocycles. The molecule has 1 atom stereocenters.